The van der Waals surface area contributed by atoms with Gasteiger partial charge in [0.15, 0.2) is 5.82 Å². The number of para-hydroxylation sites is 1. The minimum Gasteiger partial charge on any atom is -0.349 e. The quantitative estimate of drug-likeness (QED) is 0.488. The summed E-state index contributed by atoms with van der Waals surface area (Å²) in [4.78, 5) is 20.9. The van der Waals surface area contributed by atoms with Crippen LogP contribution in [0, 0.1) is 11.3 Å². The van der Waals surface area contributed by atoms with E-state index in [1.165, 1.54) is 6.33 Å². The van der Waals surface area contributed by atoms with Crippen LogP contribution in [-0.4, -0.2) is 36.7 Å². The first kappa shape index (κ1) is 20.8. The molecule has 33 heavy (non-hydrogen) atoms. The topological polar surface area (TPSA) is 109 Å². The number of hydrogen-bond acceptors (Lipinski definition) is 6. The zero-order valence-corrected chi connectivity index (χ0v) is 18.1. The van der Waals surface area contributed by atoms with Crippen LogP contribution in [0.15, 0.2) is 67.1 Å². The van der Waals surface area contributed by atoms with Gasteiger partial charge >= 0.3 is 0 Å². The SMILES string of the molecule is N#Cc1cccc(C(=O)N[C@H]2C[C@H](c3nnc(-c4ccncn4)n3-c3ccccc3Cl)C2)c1. The molecule has 1 amide bonds. The van der Waals surface area contributed by atoms with Gasteiger partial charge in [0, 0.05) is 23.7 Å². The van der Waals surface area contributed by atoms with Crippen molar-refractivity contribution in [2.75, 3.05) is 0 Å². The number of amides is 1. The molecule has 5 rings (SSSR count). The molecule has 4 aromatic rings. The molecule has 0 atom stereocenters. The number of nitriles is 1. The molecule has 0 unspecified atom stereocenters. The maximum absolute atomic E-state index is 12.6. The highest BCUT2D eigenvalue weighted by molar-refractivity contribution is 6.32. The third-order valence-corrected chi connectivity index (χ3v) is 6.00. The number of nitrogens with zero attached hydrogens (tertiary/aromatic N) is 6. The van der Waals surface area contributed by atoms with Crippen LogP contribution in [0.25, 0.3) is 17.2 Å². The standard InChI is InChI=1S/C24H18ClN7O/c25-19-6-1-2-7-21(19)32-22(30-31-23(32)20-8-9-27-14-28-20)17-11-18(12-17)29-24(33)16-5-3-4-15(10-16)13-26/h1-10,14,17-18H,11-12H2,(H,29,33)/t17-,18-. The number of nitrogens with one attached hydrogen (secondary N) is 1. The lowest BCUT2D eigenvalue weighted by Gasteiger charge is -2.35. The number of aromatic nitrogens is 5. The van der Waals surface area contributed by atoms with Gasteiger partial charge in [-0.25, -0.2) is 9.97 Å². The predicted octanol–water partition coefficient (Wildman–Crippen LogP) is 3.93. The lowest BCUT2D eigenvalue weighted by atomic mass is 9.79. The Morgan fingerprint density at radius 2 is 1.97 bits per heavy atom. The molecule has 1 fully saturated rings. The van der Waals surface area contributed by atoms with Gasteiger partial charge in [-0.1, -0.05) is 29.8 Å². The molecular weight excluding hydrogens is 438 g/mol. The van der Waals surface area contributed by atoms with Crippen molar-refractivity contribution >= 4 is 17.5 Å². The minimum atomic E-state index is -0.190. The maximum atomic E-state index is 12.6. The Morgan fingerprint density at radius 1 is 1.12 bits per heavy atom. The van der Waals surface area contributed by atoms with E-state index >= 15 is 0 Å². The normalized spacial score (nSPS) is 17.1. The van der Waals surface area contributed by atoms with Crippen molar-refractivity contribution in [1.29, 1.82) is 5.26 Å². The van der Waals surface area contributed by atoms with E-state index in [-0.39, 0.29) is 17.9 Å². The Morgan fingerprint density at radius 3 is 2.73 bits per heavy atom. The summed E-state index contributed by atoms with van der Waals surface area (Å²) in [5, 5.41) is 21.5. The van der Waals surface area contributed by atoms with E-state index in [2.05, 4.69) is 31.6 Å². The second-order valence-electron chi connectivity index (χ2n) is 7.79. The van der Waals surface area contributed by atoms with Crippen molar-refractivity contribution in [3.05, 3.63) is 89.1 Å². The van der Waals surface area contributed by atoms with Crippen molar-refractivity contribution in [2.24, 2.45) is 0 Å². The molecule has 162 valence electrons. The molecule has 0 spiro atoms. The monoisotopic (exact) mass is 455 g/mol. The molecule has 1 N–H and O–H groups in total. The molecule has 2 heterocycles. The van der Waals surface area contributed by atoms with Crippen molar-refractivity contribution < 1.29 is 4.79 Å². The average Bonchev–Trinajstić information content (AvgIpc) is 3.26. The Bertz CT molecular complexity index is 1360. The molecule has 2 aromatic heterocycles. The molecular formula is C24H18ClN7O. The number of hydrogen-bond donors (Lipinski definition) is 1. The van der Waals surface area contributed by atoms with Crippen LogP contribution in [0.3, 0.4) is 0 Å². The predicted molar refractivity (Wildman–Crippen MR) is 122 cm³/mol. The Hall–Kier alpha value is -4.09. The van der Waals surface area contributed by atoms with Gasteiger partial charge in [0.05, 0.1) is 22.3 Å². The highest BCUT2D eigenvalue weighted by atomic mass is 35.5. The van der Waals surface area contributed by atoms with Gasteiger partial charge in [0.25, 0.3) is 5.91 Å². The molecule has 0 radical (unpaired) electrons. The number of carbonyl (C=O) groups excluding carboxylic acids is 1. The molecule has 0 bridgehead atoms. The molecule has 0 saturated heterocycles. The summed E-state index contributed by atoms with van der Waals surface area (Å²) >= 11 is 6.51. The lowest BCUT2D eigenvalue weighted by Crippen LogP contribution is -2.44. The van der Waals surface area contributed by atoms with Crippen molar-refractivity contribution in [1.82, 2.24) is 30.0 Å². The maximum Gasteiger partial charge on any atom is 0.251 e. The van der Waals surface area contributed by atoms with E-state index in [9.17, 15) is 4.79 Å². The average molecular weight is 456 g/mol. The zero-order chi connectivity index (χ0) is 22.8. The lowest BCUT2D eigenvalue weighted by molar-refractivity contribution is 0.0907. The van der Waals surface area contributed by atoms with Crippen LogP contribution in [0.4, 0.5) is 0 Å². The fourth-order valence-corrected chi connectivity index (χ4v) is 4.19. The number of carbonyl (C=O) groups is 1. The number of rotatable bonds is 5. The first-order chi connectivity index (χ1) is 16.1. The molecule has 2 aromatic carbocycles. The highest BCUT2D eigenvalue weighted by Gasteiger charge is 2.36. The van der Waals surface area contributed by atoms with Gasteiger partial charge in [-0.3, -0.25) is 9.36 Å². The summed E-state index contributed by atoms with van der Waals surface area (Å²) in [5.74, 6) is 1.26. The van der Waals surface area contributed by atoms with Crippen LogP contribution < -0.4 is 5.32 Å². The molecule has 1 saturated carbocycles. The second-order valence-corrected chi connectivity index (χ2v) is 8.20. The van der Waals surface area contributed by atoms with E-state index in [0.29, 0.717) is 27.7 Å². The second kappa shape index (κ2) is 8.81. The van der Waals surface area contributed by atoms with Gasteiger partial charge in [-0.05, 0) is 49.2 Å². The zero-order valence-electron chi connectivity index (χ0n) is 17.4. The van der Waals surface area contributed by atoms with Gasteiger partial charge in [0.2, 0.25) is 0 Å². The largest absolute Gasteiger partial charge is 0.349 e. The molecule has 0 aliphatic heterocycles. The molecule has 8 nitrogen and oxygen atoms in total. The van der Waals surface area contributed by atoms with Crippen LogP contribution in [-0.2, 0) is 0 Å². The van der Waals surface area contributed by atoms with Crippen molar-refractivity contribution in [3.8, 4) is 23.3 Å². The molecule has 1 aliphatic rings. The Kier molecular flexibility index (Phi) is 5.55. The summed E-state index contributed by atoms with van der Waals surface area (Å²) in [6, 6.07) is 18.0. The van der Waals surface area contributed by atoms with E-state index in [1.54, 1.807) is 36.5 Å². The third-order valence-electron chi connectivity index (χ3n) is 5.68. The van der Waals surface area contributed by atoms with Crippen LogP contribution in [0.2, 0.25) is 5.02 Å². The summed E-state index contributed by atoms with van der Waals surface area (Å²) < 4.78 is 1.93. The highest BCUT2D eigenvalue weighted by Crippen LogP contribution is 2.39. The Balaban J connectivity index is 1.39. The first-order valence-corrected chi connectivity index (χ1v) is 10.8. The van der Waals surface area contributed by atoms with E-state index in [4.69, 9.17) is 16.9 Å². The molecule has 1 aliphatic carbocycles. The number of benzene rings is 2. The smallest absolute Gasteiger partial charge is 0.251 e. The summed E-state index contributed by atoms with van der Waals surface area (Å²) in [7, 11) is 0. The van der Waals surface area contributed by atoms with Crippen molar-refractivity contribution in [2.45, 2.75) is 24.8 Å². The summed E-state index contributed by atoms with van der Waals surface area (Å²) in [6.45, 7) is 0. The molecule has 9 heteroatoms. The van der Waals surface area contributed by atoms with Crippen LogP contribution in [0.5, 0.6) is 0 Å². The Labute approximate surface area is 194 Å². The van der Waals surface area contributed by atoms with E-state index < -0.39 is 0 Å². The van der Waals surface area contributed by atoms with Crippen LogP contribution in [0.1, 0.15) is 40.5 Å². The summed E-state index contributed by atoms with van der Waals surface area (Å²) in [5.41, 5.74) is 2.35. The van der Waals surface area contributed by atoms with Gasteiger partial charge in [0.1, 0.15) is 17.8 Å². The number of halogens is 1. The van der Waals surface area contributed by atoms with E-state index in [0.717, 1.165) is 24.4 Å². The first-order valence-electron chi connectivity index (χ1n) is 10.4. The fraction of sp³-hybridized carbons (Fsp3) is 0.167. The van der Waals surface area contributed by atoms with Crippen LogP contribution >= 0.6 is 11.6 Å². The minimum absolute atomic E-state index is 0.00661. The van der Waals surface area contributed by atoms with Gasteiger partial charge in [-0.2, -0.15) is 5.26 Å². The fourth-order valence-electron chi connectivity index (χ4n) is 3.97. The van der Waals surface area contributed by atoms with Crippen molar-refractivity contribution in [3.63, 3.8) is 0 Å². The summed E-state index contributed by atoms with van der Waals surface area (Å²) in [6.07, 6.45) is 4.56. The third kappa shape index (κ3) is 4.06. The van der Waals surface area contributed by atoms with E-state index in [1.807, 2.05) is 28.8 Å². The van der Waals surface area contributed by atoms with Gasteiger partial charge in [-0.15, -0.1) is 10.2 Å². The van der Waals surface area contributed by atoms with Gasteiger partial charge < -0.3 is 5.32 Å².